The fourth-order valence-corrected chi connectivity index (χ4v) is 3.42. The molecule has 0 atom stereocenters. The van der Waals surface area contributed by atoms with E-state index in [9.17, 15) is 4.39 Å². The second-order valence-corrected chi connectivity index (χ2v) is 5.74. The van der Waals surface area contributed by atoms with E-state index in [0.29, 0.717) is 5.25 Å². The van der Waals surface area contributed by atoms with Crippen molar-refractivity contribution in [3.8, 4) is 0 Å². The van der Waals surface area contributed by atoms with Gasteiger partial charge in [0, 0.05) is 16.5 Å². The summed E-state index contributed by atoms with van der Waals surface area (Å²) in [7, 11) is -1.73. The topological polar surface area (TPSA) is 40.5 Å². The highest BCUT2D eigenvalue weighted by Gasteiger charge is 2.18. The smallest absolute Gasteiger partial charge is 0.423 e. The summed E-state index contributed by atoms with van der Waals surface area (Å²) in [5, 5.41) is 18.7. The van der Waals surface area contributed by atoms with Gasteiger partial charge in [0.15, 0.2) is 0 Å². The molecule has 2 nitrogen and oxygen atoms in total. The number of benzene rings is 1. The lowest BCUT2D eigenvalue weighted by atomic mass is 9.79. The molecule has 0 radical (unpaired) electrons. The molecule has 0 heterocycles. The van der Waals surface area contributed by atoms with Crippen molar-refractivity contribution in [3.63, 3.8) is 0 Å². The van der Waals surface area contributed by atoms with E-state index >= 15 is 0 Å². The molecule has 0 aliphatic heterocycles. The van der Waals surface area contributed by atoms with Crippen LogP contribution in [-0.4, -0.2) is 22.4 Å². The zero-order valence-corrected chi connectivity index (χ0v) is 10.4. The van der Waals surface area contributed by atoms with Crippen LogP contribution in [0.3, 0.4) is 0 Å². The van der Waals surface area contributed by atoms with Crippen molar-refractivity contribution in [1.82, 2.24) is 0 Å². The quantitative estimate of drug-likeness (QED) is 0.803. The van der Waals surface area contributed by atoms with E-state index in [-0.39, 0.29) is 5.46 Å². The molecule has 0 saturated heterocycles. The van der Waals surface area contributed by atoms with Crippen LogP contribution in [0.2, 0.25) is 0 Å². The van der Waals surface area contributed by atoms with Crippen molar-refractivity contribution in [2.45, 2.75) is 36.7 Å². The van der Waals surface area contributed by atoms with Gasteiger partial charge in [-0.3, -0.25) is 0 Å². The molecule has 0 bridgehead atoms. The lowest BCUT2D eigenvalue weighted by Crippen LogP contribution is -2.33. The van der Waals surface area contributed by atoms with Crippen molar-refractivity contribution in [3.05, 3.63) is 29.6 Å². The summed E-state index contributed by atoms with van der Waals surface area (Å²) in [6, 6.07) is 4.56. The summed E-state index contributed by atoms with van der Waals surface area (Å²) in [6.07, 6.45) is 5.14. The minimum absolute atomic E-state index is 0.0329. The molecule has 0 spiro atoms. The van der Waals surface area contributed by atoms with Gasteiger partial charge in [0.25, 0.3) is 0 Å². The second kappa shape index (κ2) is 5.89. The molecule has 1 saturated carbocycles. The van der Waals surface area contributed by atoms with Gasteiger partial charge in [0.2, 0.25) is 0 Å². The van der Waals surface area contributed by atoms with Crippen LogP contribution in [0.25, 0.3) is 0 Å². The fraction of sp³-hybridized carbons (Fsp3) is 0.500. The van der Waals surface area contributed by atoms with Crippen LogP contribution in [0.1, 0.15) is 31.2 Å². The third-order valence-corrected chi connectivity index (χ3v) is 4.57. The van der Waals surface area contributed by atoms with E-state index < -0.39 is 12.9 Å². The third-order valence-electron chi connectivity index (χ3n) is 3.13. The molecular formula is C12H16BFO2S. The molecular weight excluding hydrogens is 238 g/mol. The van der Waals surface area contributed by atoms with Gasteiger partial charge in [-0.25, -0.2) is 4.39 Å². The van der Waals surface area contributed by atoms with Gasteiger partial charge in [0.05, 0.1) is 0 Å². The highest BCUT2D eigenvalue weighted by molar-refractivity contribution is 7.99. The van der Waals surface area contributed by atoms with Crippen LogP contribution in [0.5, 0.6) is 0 Å². The second-order valence-electron chi connectivity index (χ2n) is 4.45. The molecule has 0 unspecified atom stereocenters. The predicted octanol–water partition coefficient (Wildman–Crippen LogP) is 1.68. The minimum Gasteiger partial charge on any atom is -0.423 e. The molecule has 2 rings (SSSR count). The number of thioether (sulfide) groups is 1. The molecule has 2 N–H and O–H groups in total. The van der Waals surface area contributed by atoms with Crippen molar-refractivity contribution >= 4 is 24.3 Å². The lowest BCUT2D eigenvalue weighted by Gasteiger charge is -2.10. The molecule has 1 fully saturated rings. The Bertz CT molecular complexity index is 381. The first-order valence-corrected chi connectivity index (χ1v) is 6.98. The highest BCUT2D eigenvalue weighted by Crippen LogP contribution is 2.31. The molecule has 0 aromatic heterocycles. The summed E-state index contributed by atoms with van der Waals surface area (Å²) < 4.78 is 13.2. The van der Waals surface area contributed by atoms with Gasteiger partial charge in [-0.15, -0.1) is 0 Å². The average molecular weight is 254 g/mol. The fourth-order valence-electron chi connectivity index (χ4n) is 2.15. The number of hydrogen-bond donors (Lipinski definition) is 2. The first-order chi connectivity index (χ1) is 8.16. The number of hydrogen-bond acceptors (Lipinski definition) is 3. The van der Waals surface area contributed by atoms with Crippen LogP contribution in [0.4, 0.5) is 4.39 Å². The summed E-state index contributed by atoms with van der Waals surface area (Å²) in [4.78, 5) is 0. The van der Waals surface area contributed by atoms with Gasteiger partial charge >= 0.3 is 7.12 Å². The SMILES string of the molecule is OB(O)c1cc(CSC2CCCC2)ccc1F. The first kappa shape index (κ1) is 12.9. The van der Waals surface area contributed by atoms with Gasteiger partial charge < -0.3 is 10.0 Å². The molecule has 1 aliphatic carbocycles. The van der Waals surface area contributed by atoms with Crippen molar-refractivity contribution in [2.75, 3.05) is 0 Å². The van der Waals surface area contributed by atoms with E-state index in [0.717, 1.165) is 11.3 Å². The monoisotopic (exact) mass is 254 g/mol. The Morgan fingerprint density at radius 2 is 2.00 bits per heavy atom. The summed E-state index contributed by atoms with van der Waals surface area (Å²) >= 11 is 1.88. The zero-order valence-electron chi connectivity index (χ0n) is 9.60. The van der Waals surface area contributed by atoms with E-state index in [1.165, 1.54) is 31.7 Å². The molecule has 92 valence electrons. The Morgan fingerprint density at radius 1 is 1.29 bits per heavy atom. The zero-order chi connectivity index (χ0) is 12.3. The third kappa shape index (κ3) is 3.47. The van der Waals surface area contributed by atoms with Crippen LogP contribution in [-0.2, 0) is 5.75 Å². The molecule has 5 heteroatoms. The minimum atomic E-state index is -1.73. The van der Waals surface area contributed by atoms with Crippen LogP contribution >= 0.6 is 11.8 Å². The molecule has 1 aromatic rings. The number of halogens is 1. The van der Waals surface area contributed by atoms with Crippen LogP contribution < -0.4 is 5.46 Å². The average Bonchev–Trinajstić information content (AvgIpc) is 2.80. The largest absolute Gasteiger partial charge is 0.491 e. The van der Waals surface area contributed by atoms with E-state index in [4.69, 9.17) is 10.0 Å². The van der Waals surface area contributed by atoms with E-state index in [1.807, 2.05) is 11.8 Å². The van der Waals surface area contributed by atoms with E-state index in [2.05, 4.69) is 0 Å². The maximum atomic E-state index is 13.2. The van der Waals surface area contributed by atoms with Gasteiger partial charge in [0.1, 0.15) is 5.82 Å². The first-order valence-electron chi connectivity index (χ1n) is 5.93. The van der Waals surface area contributed by atoms with Crippen molar-refractivity contribution < 1.29 is 14.4 Å². The maximum absolute atomic E-state index is 13.2. The lowest BCUT2D eigenvalue weighted by molar-refractivity contribution is 0.423. The standard InChI is InChI=1S/C12H16BFO2S/c14-12-6-5-9(7-11(12)13(15)16)8-17-10-3-1-2-4-10/h5-7,10,15-16H,1-4,8H2. The van der Waals surface area contributed by atoms with Gasteiger partial charge in [-0.05, 0) is 24.5 Å². The Hall–Kier alpha value is -0.515. The van der Waals surface area contributed by atoms with E-state index in [1.54, 1.807) is 12.1 Å². The van der Waals surface area contributed by atoms with Crippen molar-refractivity contribution in [1.29, 1.82) is 0 Å². The van der Waals surface area contributed by atoms with Crippen molar-refractivity contribution in [2.24, 2.45) is 0 Å². The highest BCUT2D eigenvalue weighted by atomic mass is 32.2. The molecule has 0 amide bonds. The predicted molar refractivity (Wildman–Crippen MR) is 69.8 cm³/mol. The molecule has 1 aromatic carbocycles. The summed E-state index contributed by atoms with van der Waals surface area (Å²) in [5.41, 5.74) is 0.918. The molecule has 1 aliphatic rings. The van der Waals surface area contributed by atoms with Gasteiger partial charge in [-0.1, -0.05) is 25.0 Å². The summed E-state index contributed by atoms with van der Waals surface area (Å²) in [6.45, 7) is 0. The van der Waals surface area contributed by atoms with Crippen LogP contribution in [0, 0.1) is 5.82 Å². The summed E-state index contributed by atoms with van der Waals surface area (Å²) in [5.74, 6) is 0.250. The maximum Gasteiger partial charge on any atom is 0.491 e. The Labute approximate surface area is 105 Å². The normalized spacial score (nSPS) is 16.4. The Morgan fingerprint density at radius 3 is 2.65 bits per heavy atom. The Balaban J connectivity index is 1.98. The van der Waals surface area contributed by atoms with Gasteiger partial charge in [-0.2, -0.15) is 11.8 Å². The number of rotatable bonds is 4. The Kier molecular flexibility index (Phi) is 4.48. The molecule has 17 heavy (non-hydrogen) atoms. The van der Waals surface area contributed by atoms with Crippen LogP contribution in [0.15, 0.2) is 18.2 Å².